The zero-order chi connectivity index (χ0) is 14.6. The second-order valence-electron chi connectivity index (χ2n) is 5.38. The summed E-state index contributed by atoms with van der Waals surface area (Å²) in [6.45, 7) is 2.42. The fraction of sp³-hybridized carbons (Fsp3) is 0.200. The van der Waals surface area contributed by atoms with Crippen LogP contribution in [0.1, 0.15) is 11.1 Å². The number of non-ortho nitro benzene ring substituents is 1. The molecule has 0 fully saturated rings. The third-order valence-corrected chi connectivity index (χ3v) is 4.73. The molecule has 0 saturated heterocycles. The summed E-state index contributed by atoms with van der Waals surface area (Å²) in [5.41, 5.74) is 4.86. The van der Waals surface area contributed by atoms with Crippen molar-refractivity contribution in [2.75, 3.05) is 16.5 Å². The smallest absolute Gasteiger partial charge is 0.269 e. The molecule has 2 aromatic rings. The Morgan fingerprint density at radius 2 is 1.62 bits per heavy atom. The predicted octanol–water partition coefficient (Wildman–Crippen LogP) is 3.50. The summed E-state index contributed by atoms with van der Waals surface area (Å²) in [6, 6.07) is 11.6. The van der Waals surface area contributed by atoms with Crippen LogP contribution in [0.4, 0.5) is 17.1 Å². The van der Waals surface area contributed by atoms with Crippen LogP contribution in [-0.4, -0.2) is 11.6 Å². The third-order valence-electron chi connectivity index (χ3n) is 4.06. The second-order valence-corrected chi connectivity index (χ2v) is 6.63. The van der Waals surface area contributed by atoms with E-state index in [1.54, 1.807) is 12.1 Å². The molecule has 2 heterocycles. The molecular formula is C15H12IN3O2. The molecule has 0 N–H and O–H groups in total. The lowest BCUT2D eigenvalue weighted by atomic mass is 10.0. The number of hydrogen-bond donors (Lipinski definition) is 0. The quantitative estimate of drug-likeness (QED) is 0.423. The van der Waals surface area contributed by atoms with Crippen LogP contribution in [0.2, 0.25) is 0 Å². The van der Waals surface area contributed by atoms with Gasteiger partial charge in [-0.25, -0.2) is 0 Å². The number of hydrogen-bond acceptors (Lipinski definition) is 4. The van der Waals surface area contributed by atoms with Gasteiger partial charge in [-0.15, -0.1) is 0 Å². The van der Waals surface area contributed by atoms with Crippen LogP contribution in [0.5, 0.6) is 0 Å². The Morgan fingerprint density at radius 3 is 2.29 bits per heavy atom. The SMILES string of the molecule is O=[N+]([O-])c1ccc2c(c1)CN1CN2Cc2cc(I)ccc21. The van der Waals surface area contributed by atoms with Crippen molar-refractivity contribution >= 4 is 39.7 Å². The van der Waals surface area contributed by atoms with Crippen molar-refractivity contribution < 1.29 is 4.92 Å². The van der Waals surface area contributed by atoms with Gasteiger partial charge in [-0.05, 0) is 52.4 Å². The number of fused-ring (bicyclic) bond motifs is 6. The van der Waals surface area contributed by atoms with E-state index in [1.165, 1.54) is 14.8 Å². The average Bonchev–Trinajstić information content (AvgIpc) is 2.46. The van der Waals surface area contributed by atoms with Crippen LogP contribution in [0.3, 0.4) is 0 Å². The van der Waals surface area contributed by atoms with Crippen LogP contribution in [0.25, 0.3) is 0 Å². The molecule has 0 aliphatic carbocycles. The summed E-state index contributed by atoms with van der Waals surface area (Å²) in [5.74, 6) is 0. The van der Waals surface area contributed by atoms with E-state index in [2.05, 4.69) is 50.6 Å². The Balaban J connectivity index is 1.79. The van der Waals surface area contributed by atoms with Gasteiger partial charge in [0.1, 0.15) is 0 Å². The minimum Gasteiger partial charge on any atom is -0.349 e. The van der Waals surface area contributed by atoms with Crippen LogP contribution < -0.4 is 9.80 Å². The molecule has 2 aliphatic heterocycles. The van der Waals surface area contributed by atoms with Crippen molar-refractivity contribution in [3.8, 4) is 0 Å². The van der Waals surface area contributed by atoms with E-state index >= 15 is 0 Å². The van der Waals surface area contributed by atoms with E-state index in [9.17, 15) is 10.1 Å². The minimum atomic E-state index is -0.328. The fourth-order valence-corrected chi connectivity index (χ4v) is 3.71. The van der Waals surface area contributed by atoms with Gasteiger partial charge in [0.15, 0.2) is 0 Å². The van der Waals surface area contributed by atoms with Crippen LogP contribution in [0, 0.1) is 13.7 Å². The number of anilines is 2. The monoisotopic (exact) mass is 393 g/mol. The van der Waals surface area contributed by atoms with Crippen LogP contribution in [0.15, 0.2) is 36.4 Å². The molecule has 2 aromatic carbocycles. The first kappa shape index (κ1) is 12.9. The van der Waals surface area contributed by atoms with Crippen molar-refractivity contribution in [3.05, 3.63) is 61.2 Å². The lowest BCUT2D eigenvalue weighted by molar-refractivity contribution is -0.384. The number of nitrogens with zero attached hydrogens (tertiary/aromatic N) is 3. The summed E-state index contributed by atoms with van der Waals surface area (Å²) >= 11 is 2.33. The maximum absolute atomic E-state index is 10.9. The van der Waals surface area contributed by atoms with Gasteiger partial charge in [0, 0.05) is 45.7 Å². The summed E-state index contributed by atoms with van der Waals surface area (Å²) in [6.07, 6.45) is 0. The lowest BCUT2D eigenvalue weighted by Gasteiger charge is -2.44. The van der Waals surface area contributed by atoms with Crippen molar-refractivity contribution in [2.24, 2.45) is 0 Å². The molecule has 2 aliphatic rings. The Morgan fingerprint density at radius 1 is 1.00 bits per heavy atom. The van der Waals surface area contributed by atoms with Crippen molar-refractivity contribution in [1.29, 1.82) is 0 Å². The number of benzene rings is 2. The van der Waals surface area contributed by atoms with Crippen LogP contribution >= 0.6 is 22.6 Å². The lowest BCUT2D eigenvalue weighted by Crippen LogP contribution is -2.46. The molecule has 0 radical (unpaired) electrons. The van der Waals surface area contributed by atoms with E-state index in [4.69, 9.17) is 0 Å². The molecule has 106 valence electrons. The predicted molar refractivity (Wildman–Crippen MR) is 89.5 cm³/mol. The standard InChI is InChI=1S/C15H12IN3O2/c16-12-1-3-14-10(5-12)7-17-9-18(14)8-11-6-13(19(20)21)2-4-15(11)17/h1-6H,7-9H2. The average molecular weight is 393 g/mol. The summed E-state index contributed by atoms with van der Waals surface area (Å²) < 4.78 is 1.23. The van der Waals surface area contributed by atoms with Gasteiger partial charge in [0.05, 0.1) is 11.6 Å². The second kappa shape index (κ2) is 4.59. The molecule has 0 aromatic heterocycles. The summed E-state index contributed by atoms with van der Waals surface area (Å²) in [5, 5.41) is 10.9. The van der Waals surface area contributed by atoms with Crippen molar-refractivity contribution in [2.45, 2.75) is 13.1 Å². The van der Waals surface area contributed by atoms with Gasteiger partial charge in [-0.2, -0.15) is 0 Å². The molecule has 0 saturated carbocycles. The Labute approximate surface area is 135 Å². The molecule has 0 atom stereocenters. The zero-order valence-corrected chi connectivity index (χ0v) is 13.3. The molecule has 6 heteroatoms. The van der Waals surface area contributed by atoms with Gasteiger partial charge in [0.2, 0.25) is 0 Å². The molecular weight excluding hydrogens is 381 g/mol. The zero-order valence-electron chi connectivity index (χ0n) is 11.1. The Kier molecular flexibility index (Phi) is 2.81. The highest BCUT2D eigenvalue weighted by Gasteiger charge is 2.30. The molecule has 5 nitrogen and oxygen atoms in total. The number of nitro groups is 1. The Bertz CT molecular complexity index is 763. The Hall–Kier alpha value is -1.83. The molecule has 0 unspecified atom stereocenters. The van der Waals surface area contributed by atoms with E-state index < -0.39 is 0 Å². The molecule has 4 rings (SSSR count). The van der Waals surface area contributed by atoms with Gasteiger partial charge < -0.3 is 9.80 Å². The highest BCUT2D eigenvalue weighted by molar-refractivity contribution is 14.1. The van der Waals surface area contributed by atoms with E-state index in [0.717, 1.165) is 31.0 Å². The molecule has 0 spiro atoms. The van der Waals surface area contributed by atoms with Gasteiger partial charge in [-0.1, -0.05) is 0 Å². The highest BCUT2D eigenvalue weighted by Crippen LogP contribution is 2.39. The van der Waals surface area contributed by atoms with Crippen LogP contribution in [-0.2, 0) is 13.1 Å². The highest BCUT2D eigenvalue weighted by atomic mass is 127. The molecule has 0 amide bonds. The number of halogens is 1. The normalized spacial score (nSPS) is 15.5. The van der Waals surface area contributed by atoms with Crippen molar-refractivity contribution in [1.82, 2.24) is 0 Å². The van der Waals surface area contributed by atoms with E-state index in [-0.39, 0.29) is 10.6 Å². The summed E-state index contributed by atoms with van der Waals surface area (Å²) in [4.78, 5) is 15.2. The minimum absolute atomic E-state index is 0.166. The first-order chi connectivity index (χ1) is 10.1. The first-order valence-electron chi connectivity index (χ1n) is 6.67. The summed E-state index contributed by atoms with van der Waals surface area (Å²) in [7, 11) is 0. The third kappa shape index (κ3) is 2.05. The van der Waals surface area contributed by atoms with Gasteiger partial charge in [-0.3, -0.25) is 10.1 Å². The fourth-order valence-electron chi connectivity index (χ4n) is 3.15. The van der Waals surface area contributed by atoms with Crippen molar-refractivity contribution in [3.63, 3.8) is 0 Å². The maximum atomic E-state index is 10.9. The maximum Gasteiger partial charge on any atom is 0.269 e. The topological polar surface area (TPSA) is 49.6 Å². The van der Waals surface area contributed by atoms with E-state index in [1.807, 2.05) is 6.07 Å². The van der Waals surface area contributed by atoms with E-state index in [0.29, 0.717) is 0 Å². The van der Waals surface area contributed by atoms with Gasteiger partial charge >= 0.3 is 0 Å². The number of nitro benzene ring substituents is 1. The largest absolute Gasteiger partial charge is 0.349 e. The molecule has 2 bridgehead atoms. The molecule has 21 heavy (non-hydrogen) atoms. The van der Waals surface area contributed by atoms with Gasteiger partial charge in [0.25, 0.3) is 5.69 Å². The first-order valence-corrected chi connectivity index (χ1v) is 7.75. The number of rotatable bonds is 1.